The van der Waals surface area contributed by atoms with Crippen LogP contribution < -0.4 is 10.6 Å². The molecule has 6 nitrogen and oxygen atoms in total. The van der Waals surface area contributed by atoms with Crippen LogP contribution in [0.1, 0.15) is 71.6 Å². The van der Waals surface area contributed by atoms with Gasteiger partial charge in [0, 0.05) is 32.2 Å². The summed E-state index contributed by atoms with van der Waals surface area (Å²) >= 11 is 0. The van der Waals surface area contributed by atoms with Crippen molar-refractivity contribution in [1.29, 1.82) is 0 Å². The lowest BCUT2D eigenvalue weighted by molar-refractivity contribution is 0.280. The maximum Gasteiger partial charge on any atom is 0.211 e. The van der Waals surface area contributed by atoms with Gasteiger partial charge in [0.25, 0.3) is 0 Å². The van der Waals surface area contributed by atoms with Crippen LogP contribution in [-0.2, 0) is 10.0 Å². The predicted molar refractivity (Wildman–Crippen MR) is 129 cm³/mol. The lowest BCUT2D eigenvalue weighted by Crippen LogP contribution is -2.43. The van der Waals surface area contributed by atoms with Crippen LogP contribution >= 0.6 is 24.0 Å². The normalized spacial score (nSPS) is 21.8. The Labute approximate surface area is 189 Å². The van der Waals surface area contributed by atoms with E-state index in [4.69, 9.17) is 4.99 Å². The third-order valence-corrected chi connectivity index (χ3v) is 7.31. The summed E-state index contributed by atoms with van der Waals surface area (Å²) in [5.41, 5.74) is 0. The molecule has 0 aromatic rings. The fourth-order valence-corrected chi connectivity index (χ4v) is 5.11. The summed E-state index contributed by atoms with van der Waals surface area (Å²) in [6, 6.07) is 0.428. The van der Waals surface area contributed by atoms with Gasteiger partial charge in [0.1, 0.15) is 0 Å². The topological polar surface area (TPSA) is 73.8 Å². The van der Waals surface area contributed by atoms with E-state index in [9.17, 15) is 8.42 Å². The molecule has 8 heteroatoms. The fourth-order valence-electron chi connectivity index (χ4n) is 4.23. The third-order valence-electron chi connectivity index (χ3n) is 6.01. The number of aliphatic imine (C=N–C) groups is 1. The van der Waals surface area contributed by atoms with Crippen molar-refractivity contribution >= 4 is 40.0 Å². The van der Waals surface area contributed by atoms with Gasteiger partial charge in [-0.25, -0.2) is 12.7 Å². The molecule has 1 atom stereocenters. The molecular weight excluding hydrogens is 487 g/mol. The molecule has 1 unspecified atom stereocenters. The lowest BCUT2D eigenvalue weighted by atomic mass is 9.85. The molecule has 0 radical (unpaired) electrons. The molecule has 2 N–H and O–H groups in total. The van der Waals surface area contributed by atoms with Crippen LogP contribution in [0, 0.1) is 11.8 Å². The van der Waals surface area contributed by atoms with E-state index in [0.29, 0.717) is 25.0 Å². The Morgan fingerprint density at radius 1 is 1.11 bits per heavy atom. The Hall–Kier alpha value is -0.0900. The minimum Gasteiger partial charge on any atom is -0.357 e. The summed E-state index contributed by atoms with van der Waals surface area (Å²) in [6.45, 7) is 7.21. The number of piperidine rings is 1. The summed E-state index contributed by atoms with van der Waals surface area (Å²) in [4.78, 5) is 4.79. The van der Waals surface area contributed by atoms with Crippen molar-refractivity contribution in [1.82, 2.24) is 14.9 Å². The van der Waals surface area contributed by atoms with Gasteiger partial charge in [0.2, 0.25) is 10.0 Å². The van der Waals surface area contributed by atoms with E-state index in [-0.39, 0.29) is 24.0 Å². The van der Waals surface area contributed by atoms with Crippen LogP contribution in [0.3, 0.4) is 0 Å². The standard InChI is InChI=1S/C20H40N4O2S.HI/c1-4-21-20(23-17(2)10-11-18-8-6-5-7-9-18)22-16-19-12-14-24(15-13-19)27(3,25)26;/h17-19H,4-16H2,1-3H3,(H2,21,22,23);1H. The van der Waals surface area contributed by atoms with E-state index in [1.54, 1.807) is 4.31 Å². The van der Waals surface area contributed by atoms with Crippen molar-refractivity contribution in [3.63, 3.8) is 0 Å². The number of nitrogens with zero attached hydrogens (tertiary/aromatic N) is 2. The lowest BCUT2D eigenvalue weighted by Gasteiger charge is -2.29. The highest BCUT2D eigenvalue weighted by Gasteiger charge is 2.24. The van der Waals surface area contributed by atoms with Gasteiger partial charge in [-0.2, -0.15) is 0 Å². The van der Waals surface area contributed by atoms with Crippen molar-refractivity contribution in [3.8, 4) is 0 Å². The quantitative estimate of drug-likeness (QED) is 0.287. The molecule has 0 aromatic carbocycles. The molecule has 166 valence electrons. The number of hydrogen-bond acceptors (Lipinski definition) is 3. The Morgan fingerprint density at radius 2 is 1.75 bits per heavy atom. The van der Waals surface area contributed by atoms with Crippen molar-refractivity contribution in [3.05, 3.63) is 0 Å². The second-order valence-electron chi connectivity index (χ2n) is 8.45. The van der Waals surface area contributed by atoms with Crippen molar-refractivity contribution in [2.45, 2.75) is 77.7 Å². The second-order valence-corrected chi connectivity index (χ2v) is 10.4. The van der Waals surface area contributed by atoms with E-state index >= 15 is 0 Å². The highest BCUT2D eigenvalue weighted by molar-refractivity contribution is 14.0. The van der Waals surface area contributed by atoms with Crippen LogP contribution in [0.5, 0.6) is 0 Å². The number of rotatable bonds is 8. The first-order valence-electron chi connectivity index (χ1n) is 10.9. The maximum absolute atomic E-state index is 11.6. The van der Waals surface area contributed by atoms with E-state index < -0.39 is 10.0 Å². The van der Waals surface area contributed by atoms with Gasteiger partial charge in [-0.15, -0.1) is 24.0 Å². The third kappa shape index (κ3) is 9.61. The van der Waals surface area contributed by atoms with Crippen molar-refractivity contribution < 1.29 is 8.42 Å². The fraction of sp³-hybridized carbons (Fsp3) is 0.950. The maximum atomic E-state index is 11.6. The van der Waals surface area contributed by atoms with Crippen molar-refractivity contribution in [2.75, 3.05) is 32.4 Å². The average molecular weight is 529 g/mol. The van der Waals surface area contributed by atoms with Gasteiger partial charge in [0.05, 0.1) is 6.26 Å². The SMILES string of the molecule is CCNC(=NCC1CCN(S(C)(=O)=O)CC1)NC(C)CCC1CCCCC1.I. The zero-order valence-electron chi connectivity index (χ0n) is 18.0. The molecule has 0 spiro atoms. The monoisotopic (exact) mass is 528 g/mol. The molecule has 2 rings (SSSR count). The van der Waals surface area contributed by atoms with Crippen LogP contribution in [0.25, 0.3) is 0 Å². The summed E-state index contributed by atoms with van der Waals surface area (Å²) in [6.07, 6.45) is 12.7. The molecule has 2 fully saturated rings. The Bertz CT molecular complexity index is 557. The Balaban J connectivity index is 0.00000392. The minimum atomic E-state index is -3.05. The largest absolute Gasteiger partial charge is 0.357 e. The predicted octanol–water partition coefficient (Wildman–Crippen LogP) is 3.58. The molecule has 1 saturated heterocycles. The van der Waals surface area contributed by atoms with Gasteiger partial charge in [-0.1, -0.05) is 32.1 Å². The number of nitrogens with one attached hydrogen (secondary N) is 2. The summed E-state index contributed by atoms with van der Waals surface area (Å²) in [5.74, 6) is 2.29. The number of halogens is 1. The minimum absolute atomic E-state index is 0. The first-order valence-corrected chi connectivity index (χ1v) is 12.7. The van der Waals surface area contributed by atoms with Gasteiger partial charge in [-0.3, -0.25) is 4.99 Å². The van der Waals surface area contributed by atoms with Crippen LogP contribution in [0.2, 0.25) is 0 Å². The second kappa shape index (κ2) is 13.3. The van der Waals surface area contributed by atoms with Gasteiger partial charge in [0.15, 0.2) is 5.96 Å². The first-order chi connectivity index (χ1) is 12.9. The van der Waals surface area contributed by atoms with Gasteiger partial charge in [-0.05, 0) is 51.4 Å². The zero-order valence-corrected chi connectivity index (χ0v) is 21.1. The molecule has 0 aromatic heterocycles. The Kier molecular flexibility index (Phi) is 12.3. The van der Waals surface area contributed by atoms with Crippen molar-refractivity contribution in [2.24, 2.45) is 16.8 Å². The van der Waals surface area contributed by atoms with Gasteiger partial charge < -0.3 is 10.6 Å². The molecule has 0 bridgehead atoms. The zero-order chi connectivity index (χ0) is 19.7. The summed E-state index contributed by atoms with van der Waals surface area (Å²) in [7, 11) is -3.05. The van der Waals surface area contributed by atoms with E-state index in [2.05, 4.69) is 24.5 Å². The van der Waals surface area contributed by atoms with E-state index in [1.807, 2.05) is 0 Å². The molecule has 0 amide bonds. The highest BCUT2D eigenvalue weighted by Crippen LogP contribution is 2.27. The molecule has 1 saturated carbocycles. The molecular formula is C20H41IN4O2S. The highest BCUT2D eigenvalue weighted by atomic mass is 127. The van der Waals surface area contributed by atoms with E-state index in [1.165, 1.54) is 51.2 Å². The molecule has 1 aliphatic carbocycles. The molecule has 1 aliphatic heterocycles. The van der Waals surface area contributed by atoms with Crippen LogP contribution in [0.4, 0.5) is 0 Å². The summed E-state index contributed by atoms with van der Waals surface area (Å²) < 4.78 is 24.8. The first kappa shape index (κ1) is 25.9. The van der Waals surface area contributed by atoms with E-state index in [0.717, 1.165) is 37.8 Å². The molecule has 1 heterocycles. The molecule has 2 aliphatic rings. The number of hydrogen-bond donors (Lipinski definition) is 2. The van der Waals surface area contributed by atoms with Crippen LogP contribution in [0.15, 0.2) is 4.99 Å². The number of sulfonamides is 1. The average Bonchev–Trinajstić information content (AvgIpc) is 2.65. The number of guanidine groups is 1. The Morgan fingerprint density at radius 3 is 2.32 bits per heavy atom. The smallest absolute Gasteiger partial charge is 0.211 e. The van der Waals surface area contributed by atoms with Crippen LogP contribution in [-0.4, -0.2) is 57.2 Å². The summed E-state index contributed by atoms with van der Waals surface area (Å²) in [5, 5.41) is 6.92. The molecule has 28 heavy (non-hydrogen) atoms. The van der Waals surface area contributed by atoms with Gasteiger partial charge >= 0.3 is 0 Å².